The first-order chi connectivity index (χ1) is 12.2. The Kier molecular flexibility index (Phi) is 4.75. The van der Waals surface area contributed by atoms with Crippen molar-refractivity contribution in [3.05, 3.63) is 35.1 Å². The number of amides is 2. The number of pyridine rings is 2. The molecule has 0 radical (unpaired) electrons. The van der Waals surface area contributed by atoms with E-state index in [9.17, 15) is 4.79 Å². The first kappa shape index (κ1) is 16.6. The van der Waals surface area contributed by atoms with Crippen LogP contribution in [-0.4, -0.2) is 40.0 Å². The van der Waals surface area contributed by atoms with Gasteiger partial charge in [-0.3, -0.25) is 0 Å². The van der Waals surface area contributed by atoms with Gasteiger partial charge in [-0.1, -0.05) is 24.4 Å². The van der Waals surface area contributed by atoms with Gasteiger partial charge in [0.2, 0.25) is 0 Å². The van der Waals surface area contributed by atoms with Gasteiger partial charge in [0.1, 0.15) is 0 Å². The fourth-order valence-corrected chi connectivity index (χ4v) is 4.11. The topological polar surface area (TPSA) is 58.1 Å². The van der Waals surface area contributed by atoms with E-state index in [-0.39, 0.29) is 6.03 Å². The highest BCUT2D eigenvalue weighted by molar-refractivity contribution is 6.31. The molecule has 3 heterocycles. The molecule has 1 aliphatic heterocycles. The Labute approximate surface area is 152 Å². The van der Waals surface area contributed by atoms with Gasteiger partial charge in [-0.15, -0.1) is 0 Å². The van der Waals surface area contributed by atoms with Crippen LogP contribution in [0.25, 0.3) is 11.0 Å². The lowest BCUT2D eigenvalue weighted by Crippen LogP contribution is -2.47. The van der Waals surface area contributed by atoms with Gasteiger partial charge >= 0.3 is 6.03 Å². The summed E-state index contributed by atoms with van der Waals surface area (Å²) in [5, 5.41) is 4.77. The zero-order valence-electron chi connectivity index (χ0n) is 14.2. The Morgan fingerprint density at radius 1 is 1.16 bits per heavy atom. The molecule has 0 unspecified atom stereocenters. The van der Waals surface area contributed by atoms with E-state index in [1.165, 1.54) is 12.8 Å². The summed E-state index contributed by atoms with van der Waals surface area (Å²) >= 11 is 5.98. The molecule has 1 saturated carbocycles. The Hall–Kier alpha value is -1.88. The quantitative estimate of drug-likeness (QED) is 0.878. The van der Waals surface area contributed by atoms with Gasteiger partial charge in [0.15, 0.2) is 5.65 Å². The zero-order valence-corrected chi connectivity index (χ0v) is 15.0. The zero-order chi connectivity index (χ0) is 17.2. The number of carbonyl (C=O) groups is 1. The second-order valence-corrected chi connectivity index (χ2v) is 7.57. The number of likely N-dealkylation sites (tertiary alicyclic amines) is 1. The molecule has 0 aromatic carbocycles. The largest absolute Gasteiger partial charge is 0.335 e. The minimum Gasteiger partial charge on any atom is -0.335 e. The van der Waals surface area contributed by atoms with Gasteiger partial charge in [0.05, 0.1) is 5.02 Å². The maximum absolute atomic E-state index is 12.4. The Morgan fingerprint density at radius 3 is 2.68 bits per heavy atom. The van der Waals surface area contributed by atoms with Crippen LogP contribution in [0.4, 0.5) is 4.79 Å². The smallest absolute Gasteiger partial charge is 0.317 e. The number of piperidine rings is 1. The Balaban J connectivity index is 1.38. The van der Waals surface area contributed by atoms with E-state index in [0.29, 0.717) is 17.0 Å². The molecule has 0 spiro atoms. The van der Waals surface area contributed by atoms with Crippen molar-refractivity contribution in [2.75, 3.05) is 13.1 Å². The molecule has 1 N–H and O–H groups in total. The minimum atomic E-state index is 0.105. The van der Waals surface area contributed by atoms with Crippen LogP contribution in [-0.2, 0) is 0 Å². The minimum absolute atomic E-state index is 0.105. The van der Waals surface area contributed by atoms with Crippen LogP contribution in [0.1, 0.15) is 50.1 Å². The fourth-order valence-electron chi connectivity index (χ4n) is 3.94. The number of halogens is 1. The molecule has 0 atom stereocenters. The molecular formula is C19H23ClN4O. The van der Waals surface area contributed by atoms with Crippen molar-refractivity contribution in [2.45, 2.75) is 50.5 Å². The van der Waals surface area contributed by atoms with Crippen molar-refractivity contribution in [3.8, 4) is 0 Å². The number of hydrogen-bond donors (Lipinski definition) is 1. The van der Waals surface area contributed by atoms with Crippen LogP contribution < -0.4 is 5.32 Å². The van der Waals surface area contributed by atoms with Crippen LogP contribution in [0, 0.1) is 0 Å². The SMILES string of the molecule is O=C(NC1CCCC1)N1CCC(c2ccc3cc(Cl)cnc3n2)CC1. The summed E-state index contributed by atoms with van der Waals surface area (Å²) in [5.41, 5.74) is 1.81. The molecule has 25 heavy (non-hydrogen) atoms. The molecule has 2 fully saturated rings. The van der Waals surface area contributed by atoms with Crippen LogP contribution in [0.5, 0.6) is 0 Å². The lowest BCUT2D eigenvalue weighted by atomic mass is 9.93. The molecule has 2 amide bonds. The number of aromatic nitrogens is 2. The lowest BCUT2D eigenvalue weighted by molar-refractivity contribution is 0.177. The molecular weight excluding hydrogens is 336 g/mol. The first-order valence-electron chi connectivity index (χ1n) is 9.17. The van der Waals surface area contributed by atoms with Crippen molar-refractivity contribution in [3.63, 3.8) is 0 Å². The Morgan fingerprint density at radius 2 is 1.92 bits per heavy atom. The molecule has 6 heteroatoms. The van der Waals surface area contributed by atoms with Crippen molar-refractivity contribution >= 4 is 28.7 Å². The number of hydrogen-bond acceptors (Lipinski definition) is 3. The molecule has 132 valence electrons. The van der Waals surface area contributed by atoms with Gasteiger partial charge in [0, 0.05) is 42.3 Å². The van der Waals surface area contributed by atoms with Gasteiger partial charge in [-0.05, 0) is 43.9 Å². The number of rotatable bonds is 2. The third kappa shape index (κ3) is 3.71. The average molecular weight is 359 g/mol. The highest BCUT2D eigenvalue weighted by Crippen LogP contribution is 2.28. The number of nitrogens with one attached hydrogen (secondary N) is 1. The molecule has 2 aromatic rings. The third-order valence-corrected chi connectivity index (χ3v) is 5.62. The van der Waals surface area contributed by atoms with Crippen LogP contribution in [0.2, 0.25) is 5.02 Å². The molecule has 0 bridgehead atoms. The van der Waals surface area contributed by atoms with Gasteiger partial charge < -0.3 is 10.2 Å². The summed E-state index contributed by atoms with van der Waals surface area (Å²) in [6, 6.07) is 6.48. The summed E-state index contributed by atoms with van der Waals surface area (Å²) in [7, 11) is 0. The van der Waals surface area contributed by atoms with E-state index in [1.807, 2.05) is 17.0 Å². The van der Waals surface area contributed by atoms with Crippen LogP contribution in [0.15, 0.2) is 24.4 Å². The summed E-state index contributed by atoms with van der Waals surface area (Å²) in [4.78, 5) is 23.4. The lowest BCUT2D eigenvalue weighted by Gasteiger charge is -2.32. The molecule has 2 aliphatic rings. The van der Waals surface area contributed by atoms with E-state index < -0.39 is 0 Å². The molecule has 1 saturated heterocycles. The summed E-state index contributed by atoms with van der Waals surface area (Å²) < 4.78 is 0. The normalized spacial score (nSPS) is 19.5. The van der Waals surface area contributed by atoms with Crippen molar-refractivity contribution < 1.29 is 4.79 Å². The average Bonchev–Trinajstić information content (AvgIpc) is 3.14. The highest BCUT2D eigenvalue weighted by atomic mass is 35.5. The predicted octanol–water partition coefficient (Wildman–Crippen LogP) is 4.11. The Bertz CT molecular complexity index is 767. The summed E-state index contributed by atoms with van der Waals surface area (Å²) in [5.74, 6) is 0.386. The van der Waals surface area contributed by atoms with Gasteiger partial charge in [-0.2, -0.15) is 0 Å². The first-order valence-corrected chi connectivity index (χ1v) is 9.54. The maximum atomic E-state index is 12.4. The van der Waals surface area contributed by atoms with Crippen molar-refractivity contribution in [1.29, 1.82) is 0 Å². The van der Waals surface area contributed by atoms with E-state index in [1.54, 1.807) is 6.20 Å². The van der Waals surface area contributed by atoms with E-state index in [4.69, 9.17) is 16.6 Å². The number of nitrogens with zero attached hydrogens (tertiary/aromatic N) is 3. The van der Waals surface area contributed by atoms with E-state index in [0.717, 1.165) is 55.5 Å². The standard InChI is InChI=1S/C19H23ClN4O/c20-15-11-14-5-6-17(23-18(14)21-12-15)13-7-9-24(10-8-13)19(25)22-16-3-1-2-4-16/h5-6,11-13,16H,1-4,7-10H2,(H,22,25). The third-order valence-electron chi connectivity index (χ3n) is 5.41. The molecule has 2 aromatic heterocycles. The number of fused-ring (bicyclic) bond motifs is 1. The number of urea groups is 1. The fraction of sp³-hybridized carbons (Fsp3) is 0.526. The van der Waals surface area contributed by atoms with E-state index in [2.05, 4.69) is 16.4 Å². The molecule has 5 nitrogen and oxygen atoms in total. The predicted molar refractivity (Wildman–Crippen MR) is 98.9 cm³/mol. The second-order valence-electron chi connectivity index (χ2n) is 7.13. The van der Waals surface area contributed by atoms with Gasteiger partial charge in [-0.25, -0.2) is 14.8 Å². The monoisotopic (exact) mass is 358 g/mol. The summed E-state index contributed by atoms with van der Waals surface area (Å²) in [6.45, 7) is 1.58. The maximum Gasteiger partial charge on any atom is 0.317 e. The van der Waals surface area contributed by atoms with Crippen molar-refractivity contribution in [1.82, 2.24) is 20.2 Å². The van der Waals surface area contributed by atoms with Gasteiger partial charge in [0.25, 0.3) is 0 Å². The number of carbonyl (C=O) groups excluding carboxylic acids is 1. The van der Waals surface area contributed by atoms with Crippen LogP contribution >= 0.6 is 11.6 Å². The highest BCUT2D eigenvalue weighted by Gasteiger charge is 2.26. The second kappa shape index (κ2) is 7.16. The molecule has 4 rings (SSSR count). The van der Waals surface area contributed by atoms with Crippen molar-refractivity contribution in [2.24, 2.45) is 0 Å². The summed E-state index contributed by atoms with van der Waals surface area (Å²) in [6.07, 6.45) is 8.26. The van der Waals surface area contributed by atoms with Crippen LogP contribution in [0.3, 0.4) is 0 Å². The molecule has 1 aliphatic carbocycles. The van der Waals surface area contributed by atoms with E-state index >= 15 is 0 Å².